The molecule has 302 valence electrons. The van der Waals surface area contributed by atoms with E-state index in [1.807, 2.05) is 0 Å². The van der Waals surface area contributed by atoms with Gasteiger partial charge in [-0.25, -0.2) is 0 Å². The first-order chi connectivity index (χ1) is 25.0. The van der Waals surface area contributed by atoms with Gasteiger partial charge in [0.1, 0.15) is 12.2 Å². The average Bonchev–Trinajstić information content (AvgIpc) is 3.13. The molecule has 0 saturated heterocycles. The van der Waals surface area contributed by atoms with Crippen molar-refractivity contribution in [2.75, 3.05) is 6.61 Å². The molecule has 0 aliphatic rings. The van der Waals surface area contributed by atoms with Crippen LogP contribution in [-0.2, 0) is 4.79 Å². The molecule has 0 heterocycles. The standard InChI is InChI=1S/C45H87NO5/c1-3-5-7-9-11-13-15-17-19-20-21-22-23-25-27-29-31-33-35-37-39-43(49)45(51)46-41(40-47)44(50)42(48)38-36-34-32-30-28-26-24-18-16-14-12-10-8-6-4-2/h5,7,11,13,41-44,47-50H,3-4,6,8-10,12,14-40H2,1-2H3,(H,46,51)/b7-5-,13-11-. The van der Waals surface area contributed by atoms with Crippen molar-refractivity contribution in [2.24, 2.45) is 0 Å². The zero-order valence-electron chi connectivity index (χ0n) is 33.9. The number of hydrogen-bond donors (Lipinski definition) is 5. The molecule has 5 N–H and O–H groups in total. The van der Waals surface area contributed by atoms with E-state index in [4.69, 9.17) is 0 Å². The third kappa shape index (κ3) is 34.3. The molecule has 51 heavy (non-hydrogen) atoms. The van der Waals surface area contributed by atoms with E-state index in [0.717, 1.165) is 51.4 Å². The van der Waals surface area contributed by atoms with Crippen LogP contribution < -0.4 is 5.32 Å². The van der Waals surface area contributed by atoms with Crippen LogP contribution in [0.4, 0.5) is 0 Å². The van der Waals surface area contributed by atoms with Crippen molar-refractivity contribution < 1.29 is 25.2 Å². The second-order valence-electron chi connectivity index (χ2n) is 15.4. The molecule has 0 spiro atoms. The fourth-order valence-corrected chi connectivity index (χ4v) is 6.91. The molecule has 6 heteroatoms. The summed E-state index contributed by atoms with van der Waals surface area (Å²) in [5.74, 6) is -0.584. The molecule has 0 rings (SSSR count). The van der Waals surface area contributed by atoms with Crippen molar-refractivity contribution in [3.63, 3.8) is 0 Å². The minimum Gasteiger partial charge on any atom is -0.394 e. The van der Waals surface area contributed by atoms with E-state index in [2.05, 4.69) is 43.5 Å². The summed E-state index contributed by atoms with van der Waals surface area (Å²) in [7, 11) is 0. The van der Waals surface area contributed by atoms with Gasteiger partial charge in [0.2, 0.25) is 5.91 Å². The molecule has 0 radical (unpaired) electrons. The van der Waals surface area contributed by atoms with Crippen LogP contribution in [0.1, 0.15) is 226 Å². The number of unbranched alkanes of at least 4 members (excludes halogenated alkanes) is 27. The summed E-state index contributed by atoms with van der Waals surface area (Å²) in [5, 5.41) is 43.7. The number of hydrogen-bond acceptors (Lipinski definition) is 5. The number of carbonyl (C=O) groups excluding carboxylic acids is 1. The Bertz CT molecular complexity index is 772. The van der Waals surface area contributed by atoms with Gasteiger partial charge in [-0.05, 0) is 38.5 Å². The molecular formula is C45H87NO5. The molecule has 0 aromatic rings. The highest BCUT2D eigenvalue weighted by molar-refractivity contribution is 5.80. The summed E-state index contributed by atoms with van der Waals surface area (Å²) >= 11 is 0. The molecule has 1 amide bonds. The van der Waals surface area contributed by atoms with Gasteiger partial charge >= 0.3 is 0 Å². The summed E-state index contributed by atoms with van der Waals surface area (Å²) in [5.41, 5.74) is 0. The van der Waals surface area contributed by atoms with Crippen LogP contribution in [-0.4, -0.2) is 57.3 Å². The summed E-state index contributed by atoms with van der Waals surface area (Å²) in [6.45, 7) is 3.95. The zero-order chi connectivity index (χ0) is 37.5. The fourth-order valence-electron chi connectivity index (χ4n) is 6.91. The Morgan fingerprint density at radius 2 is 0.902 bits per heavy atom. The highest BCUT2D eigenvalue weighted by Gasteiger charge is 2.28. The molecular weight excluding hydrogens is 634 g/mol. The monoisotopic (exact) mass is 722 g/mol. The lowest BCUT2D eigenvalue weighted by Crippen LogP contribution is -2.53. The Balaban J connectivity index is 3.70. The van der Waals surface area contributed by atoms with Crippen LogP contribution in [0, 0.1) is 0 Å². The first-order valence-electron chi connectivity index (χ1n) is 22.2. The summed E-state index contributed by atoms with van der Waals surface area (Å²) in [6.07, 6.45) is 44.9. The molecule has 0 aromatic carbocycles. The van der Waals surface area contributed by atoms with Gasteiger partial charge in [-0.1, -0.05) is 212 Å². The lowest BCUT2D eigenvalue weighted by molar-refractivity contribution is -0.132. The normalized spacial score (nSPS) is 14.4. The smallest absolute Gasteiger partial charge is 0.249 e. The topological polar surface area (TPSA) is 110 Å². The first kappa shape index (κ1) is 49.8. The lowest BCUT2D eigenvalue weighted by Gasteiger charge is -2.27. The molecule has 0 fully saturated rings. The summed E-state index contributed by atoms with van der Waals surface area (Å²) in [4.78, 5) is 12.5. The van der Waals surface area contributed by atoms with Crippen molar-refractivity contribution >= 4 is 5.91 Å². The van der Waals surface area contributed by atoms with E-state index < -0.39 is 36.9 Å². The molecule has 0 saturated carbocycles. The predicted molar refractivity (Wildman–Crippen MR) is 219 cm³/mol. The Kier molecular flexibility index (Phi) is 39.0. The first-order valence-corrected chi connectivity index (χ1v) is 22.2. The minimum atomic E-state index is -1.26. The average molecular weight is 722 g/mol. The molecule has 4 unspecified atom stereocenters. The van der Waals surface area contributed by atoms with Crippen LogP contribution in [0.15, 0.2) is 24.3 Å². The van der Waals surface area contributed by atoms with Crippen molar-refractivity contribution in [1.29, 1.82) is 0 Å². The maximum atomic E-state index is 12.5. The number of rotatable bonds is 40. The van der Waals surface area contributed by atoms with Crippen LogP contribution in [0.2, 0.25) is 0 Å². The zero-order valence-corrected chi connectivity index (χ0v) is 33.9. The molecule has 0 bridgehead atoms. The van der Waals surface area contributed by atoms with Crippen LogP contribution in [0.3, 0.4) is 0 Å². The quantitative estimate of drug-likeness (QED) is 0.0320. The van der Waals surface area contributed by atoms with Gasteiger partial charge in [-0.15, -0.1) is 0 Å². The second-order valence-corrected chi connectivity index (χ2v) is 15.4. The number of amides is 1. The van der Waals surface area contributed by atoms with Gasteiger partial charge in [0.05, 0.1) is 18.8 Å². The fraction of sp³-hybridized carbons (Fsp3) is 0.889. The van der Waals surface area contributed by atoms with Crippen LogP contribution in [0.5, 0.6) is 0 Å². The van der Waals surface area contributed by atoms with Gasteiger partial charge in [0, 0.05) is 0 Å². The Morgan fingerprint density at radius 1 is 0.510 bits per heavy atom. The van der Waals surface area contributed by atoms with E-state index in [-0.39, 0.29) is 0 Å². The largest absolute Gasteiger partial charge is 0.394 e. The highest BCUT2D eigenvalue weighted by Crippen LogP contribution is 2.17. The summed E-state index contributed by atoms with van der Waals surface area (Å²) in [6, 6.07) is -0.983. The molecule has 0 aliphatic heterocycles. The van der Waals surface area contributed by atoms with E-state index >= 15 is 0 Å². The molecule has 4 atom stereocenters. The highest BCUT2D eigenvalue weighted by atomic mass is 16.3. The van der Waals surface area contributed by atoms with Gasteiger partial charge in [0.15, 0.2) is 0 Å². The Hall–Kier alpha value is -1.21. The van der Waals surface area contributed by atoms with Gasteiger partial charge < -0.3 is 25.7 Å². The van der Waals surface area contributed by atoms with Gasteiger partial charge in [0.25, 0.3) is 0 Å². The lowest BCUT2D eigenvalue weighted by atomic mass is 9.99. The van der Waals surface area contributed by atoms with E-state index in [0.29, 0.717) is 12.8 Å². The molecule has 0 aliphatic carbocycles. The molecule has 0 aromatic heterocycles. The van der Waals surface area contributed by atoms with Crippen LogP contribution >= 0.6 is 0 Å². The number of aliphatic hydroxyl groups excluding tert-OH is 4. The Labute approximate surface area is 316 Å². The van der Waals surface area contributed by atoms with Crippen LogP contribution in [0.25, 0.3) is 0 Å². The minimum absolute atomic E-state index is 0.369. The maximum absolute atomic E-state index is 12.5. The Morgan fingerprint density at radius 3 is 1.33 bits per heavy atom. The number of allylic oxidation sites excluding steroid dienone is 4. The number of nitrogens with one attached hydrogen (secondary N) is 1. The maximum Gasteiger partial charge on any atom is 0.249 e. The van der Waals surface area contributed by atoms with Gasteiger partial charge in [-0.2, -0.15) is 0 Å². The van der Waals surface area contributed by atoms with Crippen molar-refractivity contribution in [3.05, 3.63) is 24.3 Å². The van der Waals surface area contributed by atoms with E-state index in [1.54, 1.807) is 0 Å². The number of carbonyl (C=O) groups is 1. The van der Waals surface area contributed by atoms with Crippen molar-refractivity contribution in [3.8, 4) is 0 Å². The SMILES string of the molecule is CC/C=C\C/C=C\CCCCCCCCCCCCCCCC(O)C(=O)NC(CO)C(O)C(O)CCCCCCCCCCCCCCCCC. The number of aliphatic hydroxyl groups is 4. The van der Waals surface area contributed by atoms with Gasteiger partial charge in [-0.3, -0.25) is 4.79 Å². The molecule has 6 nitrogen and oxygen atoms in total. The van der Waals surface area contributed by atoms with Crippen molar-refractivity contribution in [2.45, 2.75) is 250 Å². The van der Waals surface area contributed by atoms with Crippen molar-refractivity contribution in [1.82, 2.24) is 5.32 Å². The van der Waals surface area contributed by atoms with E-state index in [9.17, 15) is 25.2 Å². The third-order valence-corrected chi connectivity index (χ3v) is 10.4. The summed E-state index contributed by atoms with van der Waals surface area (Å²) < 4.78 is 0. The predicted octanol–water partition coefficient (Wildman–Crippen LogP) is 11.6. The second kappa shape index (κ2) is 40.0. The third-order valence-electron chi connectivity index (χ3n) is 10.4. The van der Waals surface area contributed by atoms with E-state index in [1.165, 1.54) is 148 Å².